The summed E-state index contributed by atoms with van der Waals surface area (Å²) in [7, 11) is -4.63. The first-order valence-corrected chi connectivity index (χ1v) is 7.23. The van der Waals surface area contributed by atoms with Gasteiger partial charge in [0, 0.05) is 12.5 Å². The number of nitrogens with two attached hydrogens (primary N) is 1. The Kier molecular flexibility index (Phi) is 4.23. The van der Waals surface area contributed by atoms with Gasteiger partial charge in [0.2, 0.25) is 6.23 Å². The van der Waals surface area contributed by atoms with Gasteiger partial charge in [-0.15, -0.1) is 0 Å². The molecule has 2 heterocycles. The van der Waals surface area contributed by atoms with Crippen LogP contribution >= 0.6 is 7.82 Å². The summed E-state index contributed by atoms with van der Waals surface area (Å²) in [5.74, 6) is 0.186. The monoisotopic (exact) mass is 308 g/mol. The van der Waals surface area contributed by atoms with Crippen molar-refractivity contribution in [2.24, 2.45) is 0 Å². The molecule has 3 atom stereocenters. The summed E-state index contributed by atoms with van der Waals surface area (Å²) in [6.45, 7) is -0.477. The van der Waals surface area contributed by atoms with Gasteiger partial charge in [0.15, 0.2) is 5.82 Å². The Morgan fingerprint density at radius 2 is 2.30 bits per heavy atom. The van der Waals surface area contributed by atoms with Crippen molar-refractivity contribution in [1.82, 2.24) is 4.98 Å². The van der Waals surface area contributed by atoms with Gasteiger partial charge in [-0.1, -0.05) is 0 Å². The SMILES string of the molecule is Nc1cc[n+]([C@H]2C[C@H](O)[C@@H](COP(=O)(O)O)O2)c(=O)[nH]1. The van der Waals surface area contributed by atoms with E-state index >= 15 is 0 Å². The molecule has 0 aromatic carbocycles. The Morgan fingerprint density at radius 1 is 1.60 bits per heavy atom. The van der Waals surface area contributed by atoms with Crippen molar-refractivity contribution in [1.29, 1.82) is 0 Å². The predicted molar refractivity (Wildman–Crippen MR) is 64.2 cm³/mol. The smallest absolute Gasteiger partial charge is 0.390 e. The van der Waals surface area contributed by atoms with Gasteiger partial charge in [-0.25, -0.2) is 4.57 Å². The van der Waals surface area contributed by atoms with Gasteiger partial charge in [-0.3, -0.25) is 4.52 Å². The molecule has 0 saturated carbocycles. The summed E-state index contributed by atoms with van der Waals surface area (Å²) >= 11 is 0. The molecule has 1 aliphatic rings. The number of aliphatic hydroxyl groups excluding tert-OH is 1. The third kappa shape index (κ3) is 3.63. The van der Waals surface area contributed by atoms with Crippen LogP contribution in [0.1, 0.15) is 12.6 Å². The molecule has 1 aliphatic heterocycles. The Hall–Kier alpha value is -1.29. The van der Waals surface area contributed by atoms with Crippen LogP contribution in [0.25, 0.3) is 0 Å². The van der Waals surface area contributed by atoms with Crippen molar-refractivity contribution in [3.63, 3.8) is 0 Å². The Labute approximate surface area is 113 Å². The van der Waals surface area contributed by atoms with Crippen molar-refractivity contribution in [3.8, 4) is 0 Å². The van der Waals surface area contributed by atoms with Gasteiger partial charge in [0.1, 0.15) is 12.3 Å². The highest BCUT2D eigenvalue weighted by Crippen LogP contribution is 2.37. The van der Waals surface area contributed by atoms with Crippen LogP contribution in [-0.4, -0.2) is 38.7 Å². The van der Waals surface area contributed by atoms with E-state index in [9.17, 15) is 14.5 Å². The maximum atomic E-state index is 11.7. The number of phosphoric acid groups is 1. The zero-order valence-corrected chi connectivity index (χ0v) is 11.1. The van der Waals surface area contributed by atoms with Crippen molar-refractivity contribution in [2.75, 3.05) is 12.3 Å². The lowest BCUT2D eigenvalue weighted by Crippen LogP contribution is -2.54. The summed E-state index contributed by atoms with van der Waals surface area (Å²) in [4.78, 5) is 31.2. The fourth-order valence-electron chi connectivity index (χ4n) is 1.89. The zero-order valence-electron chi connectivity index (χ0n) is 10.2. The van der Waals surface area contributed by atoms with Gasteiger partial charge in [0.25, 0.3) is 0 Å². The number of hydrogen-bond acceptors (Lipinski definition) is 6. The number of ether oxygens (including phenoxy) is 1. The zero-order chi connectivity index (χ0) is 14.9. The second-order valence-electron chi connectivity index (χ2n) is 4.33. The molecule has 10 nitrogen and oxygen atoms in total. The molecule has 0 spiro atoms. The molecule has 112 valence electrons. The molecule has 6 N–H and O–H groups in total. The molecule has 0 amide bonds. The number of aliphatic hydroxyl groups is 1. The van der Waals surface area contributed by atoms with E-state index in [2.05, 4.69) is 9.51 Å². The molecule has 1 aromatic heterocycles. The molecule has 0 unspecified atom stereocenters. The minimum atomic E-state index is -4.63. The Morgan fingerprint density at radius 3 is 2.90 bits per heavy atom. The second-order valence-corrected chi connectivity index (χ2v) is 5.57. The van der Waals surface area contributed by atoms with Crippen LogP contribution in [0.4, 0.5) is 5.82 Å². The van der Waals surface area contributed by atoms with Crippen molar-refractivity contribution >= 4 is 13.6 Å². The molecular formula is C9H15N3O7P+. The third-order valence-corrected chi connectivity index (χ3v) is 3.31. The van der Waals surface area contributed by atoms with Gasteiger partial charge in [-0.05, 0) is 0 Å². The van der Waals surface area contributed by atoms with Crippen LogP contribution in [0.3, 0.4) is 0 Å². The van der Waals surface area contributed by atoms with E-state index in [4.69, 9.17) is 20.3 Å². The van der Waals surface area contributed by atoms with Crippen LogP contribution in [0.15, 0.2) is 17.1 Å². The highest BCUT2D eigenvalue weighted by molar-refractivity contribution is 7.46. The Balaban J connectivity index is 2.06. The van der Waals surface area contributed by atoms with Crippen molar-refractivity contribution in [3.05, 3.63) is 22.7 Å². The molecule has 1 aromatic rings. The van der Waals surface area contributed by atoms with Gasteiger partial charge in [-0.2, -0.15) is 14.3 Å². The number of aromatic amines is 1. The summed E-state index contributed by atoms with van der Waals surface area (Å²) < 4.78 is 21.4. The topological polar surface area (TPSA) is 159 Å². The average Bonchev–Trinajstić information content (AvgIpc) is 2.67. The van der Waals surface area contributed by atoms with Gasteiger partial charge >= 0.3 is 13.5 Å². The predicted octanol–water partition coefficient (Wildman–Crippen LogP) is -2.00. The van der Waals surface area contributed by atoms with Crippen LogP contribution in [0, 0.1) is 0 Å². The fraction of sp³-hybridized carbons (Fsp3) is 0.556. The minimum absolute atomic E-state index is 0.0901. The van der Waals surface area contributed by atoms with Gasteiger partial charge < -0.3 is 25.4 Å². The van der Waals surface area contributed by atoms with E-state index in [1.54, 1.807) is 0 Å². The second kappa shape index (κ2) is 5.60. The molecule has 1 fully saturated rings. The van der Waals surface area contributed by atoms with E-state index < -0.39 is 38.6 Å². The first-order valence-electron chi connectivity index (χ1n) is 5.70. The summed E-state index contributed by atoms with van der Waals surface area (Å²) in [5, 5.41) is 9.75. The molecule has 0 radical (unpaired) electrons. The summed E-state index contributed by atoms with van der Waals surface area (Å²) in [5.41, 5.74) is 4.90. The van der Waals surface area contributed by atoms with E-state index in [1.807, 2.05) is 0 Å². The average molecular weight is 308 g/mol. The lowest BCUT2D eigenvalue weighted by molar-refractivity contribution is -0.773. The largest absolute Gasteiger partial charge is 0.499 e. The highest BCUT2D eigenvalue weighted by Gasteiger charge is 2.39. The van der Waals surface area contributed by atoms with E-state index in [0.717, 1.165) is 0 Å². The van der Waals surface area contributed by atoms with E-state index in [0.29, 0.717) is 0 Å². The van der Waals surface area contributed by atoms with E-state index in [-0.39, 0.29) is 12.2 Å². The lowest BCUT2D eigenvalue weighted by atomic mass is 10.2. The number of phosphoric ester groups is 1. The number of hydrogen-bond donors (Lipinski definition) is 5. The quantitative estimate of drug-likeness (QED) is 0.315. The van der Waals surface area contributed by atoms with Crippen LogP contribution in [-0.2, 0) is 13.8 Å². The maximum absolute atomic E-state index is 11.7. The van der Waals surface area contributed by atoms with Crippen LogP contribution in [0.5, 0.6) is 0 Å². The van der Waals surface area contributed by atoms with Crippen molar-refractivity contribution in [2.45, 2.75) is 24.9 Å². The number of rotatable bonds is 4. The lowest BCUT2D eigenvalue weighted by Gasteiger charge is -2.14. The number of H-pyrrole nitrogens is 1. The Bertz CT molecular complexity index is 585. The number of nitrogen functional groups attached to an aromatic ring is 1. The normalized spacial score (nSPS) is 26.9. The van der Waals surface area contributed by atoms with Gasteiger partial charge in [0.05, 0.1) is 12.7 Å². The maximum Gasteiger partial charge on any atom is 0.499 e. The van der Waals surface area contributed by atoms with Crippen LogP contribution < -0.4 is 16.0 Å². The number of nitrogens with one attached hydrogen (secondary N) is 1. The van der Waals surface area contributed by atoms with E-state index in [1.165, 1.54) is 16.8 Å². The van der Waals surface area contributed by atoms with Crippen molar-refractivity contribution < 1.29 is 33.3 Å². The standard InChI is InChI=1S/C9H14N3O7P/c10-7-1-2-12(9(14)11-7)8-3-5(13)6(19-8)4-18-20(15,16)17/h1-2,5-6,8,13H,3-4H2,(H4,10,11,14,15,16,17)/p+1/t5-,6+,8+/m0/s1. The molecule has 2 rings (SSSR count). The molecule has 0 bridgehead atoms. The third-order valence-electron chi connectivity index (χ3n) is 2.82. The molecular weight excluding hydrogens is 293 g/mol. The summed E-state index contributed by atoms with van der Waals surface area (Å²) in [6.07, 6.45) is -1.21. The minimum Gasteiger partial charge on any atom is -0.390 e. The summed E-state index contributed by atoms with van der Waals surface area (Å²) in [6, 6.07) is 1.45. The number of aromatic nitrogens is 2. The fourth-order valence-corrected chi connectivity index (χ4v) is 2.23. The molecule has 11 heteroatoms. The first kappa shape index (κ1) is 15.1. The molecule has 0 aliphatic carbocycles. The molecule has 1 saturated heterocycles. The highest BCUT2D eigenvalue weighted by atomic mass is 31.2. The number of nitrogens with zero attached hydrogens (tertiary/aromatic N) is 1. The first-order chi connectivity index (χ1) is 9.26. The number of anilines is 1. The molecule has 20 heavy (non-hydrogen) atoms. The van der Waals surface area contributed by atoms with Crippen LogP contribution in [0.2, 0.25) is 0 Å².